The Labute approximate surface area is 172 Å². The van der Waals surface area contributed by atoms with E-state index in [1.807, 2.05) is 0 Å². The second-order valence-electron chi connectivity index (χ2n) is 6.14. The Hall–Kier alpha value is -3.84. The summed E-state index contributed by atoms with van der Waals surface area (Å²) in [5.74, 6) is 0. The van der Waals surface area contributed by atoms with Crippen molar-refractivity contribution < 1.29 is 13.2 Å². The summed E-state index contributed by atoms with van der Waals surface area (Å²) in [5, 5.41) is 16.2. The molecule has 30 heavy (non-hydrogen) atoms. The van der Waals surface area contributed by atoms with Crippen molar-refractivity contribution >= 4 is 22.2 Å². The smallest absolute Gasteiger partial charge is 0.344 e. The van der Waals surface area contributed by atoms with Crippen LogP contribution in [-0.4, -0.2) is 13.7 Å². The molecule has 0 atom stereocenters. The third-order valence-electron chi connectivity index (χ3n) is 4.25. The summed E-state index contributed by atoms with van der Waals surface area (Å²) in [5.41, 5.74) is -0.732. The van der Waals surface area contributed by atoms with Crippen LogP contribution in [0.1, 0.15) is 11.1 Å². The topological polar surface area (TPSA) is 75.6 Å². The molecule has 2 heterocycles. The van der Waals surface area contributed by atoms with E-state index in [-0.39, 0.29) is 16.3 Å². The predicted octanol–water partition coefficient (Wildman–Crippen LogP) is 4.72. The third kappa shape index (κ3) is 3.58. The first-order valence-electron chi connectivity index (χ1n) is 8.58. The highest BCUT2D eigenvalue weighted by molar-refractivity contribution is 7.11. The van der Waals surface area contributed by atoms with Gasteiger partial charge in [0, 0.05) is 12.4 Å². The summed E-state index contributed by atoms with van der Waals surface area (Å²) in [6.07, 6.45) is -1.18. The van der Waals surface area contributed by atoms with E-state index in [0.717, 1.165) is 23.3 Å². The molecule has 4 aromatic rings. The van der Waals surface area contributed by atoms with Gasteiger partial charge in [0.15, 0.2) is 5.56 Å². The predicted molar refractivity (Wildman–Crippen MR) is 106 cm³/mol. The van der Waals surface area contributed by atoms with Crippen molar-refractivity contribution in [2.75, 3.05) is 5.32 Å². The molecule has 2 aromatic carbocycles. The van der Waals surface area contributed by atoms with Crippen LogP contribution in [0.2, 0.25) is 0 Å². The molecular weight excluding hydrogens is 415 g/mol. The van der Waals surface area contributed by atoms with Crippen molar-refractivity contribution in [3.63, 3.8) is 0 Å². The van der Waals surface area contributed by atoms with Crippen LogP contribution in [0.5, 0.6) is 0 Å². The van der Waals surface area contributed by atoms with Crippen LogP contribution in [0.15, 0.2) is 71.8 Å². The Balaban J connectivity index is 1.73. The molecule has 0 unspecified atom stereocenters. The molecule has 4 rings (SSSR count). The fourth-order valence-corrected chi connectivity index (χ4v) is 3.82. The van der Waals surface area contributed by atoms with E-state index in [9.17, 15) is 23.2 Å². The maximum absolute atomic E-state index is 13.3. The number of anilines is 2. The molecule has 1 N–H and O–H groups in total. The summed E-state index contributed by atoms with van der Waals surface area (Å²) in [6.45, 7) is 0. The van der Waals surface area contributed by atoms with Crippen LogP contribution >= 0.6 is 11.5 Å². The molecule has 0 aliphatic heterocycles. The molecule has 0 radical (unpaired) electrons. The number of nitriles is 1. The van der Waals surface area contributed by atoms with Crippen LogP contribution in [0.3, 0.4) is 0 Å². The number of hydrogen-bond acceptors (Lipinski definition) is 5. The number of rotatable bonds is 4. The molecule has 0 amide bonds. The Bertz CT molecular complexity index is 1280. The first kappa shape index (κ1) is 19.5. The highest BCUT2D eigenvalue weighted by Gasteiger charge is 2.33. The Kier molecular flexibility index (Phi) is 4.89. The van der Waals surface area contributed by atoms with Gasteiger partial charge in [-0.1, -0.05) is 12.1 Å². The van der Waals surface area contributed by atoms with E-state index >= 15 is 0 Å². The lowest BCUT2D eigenvalue weighted by atomic mass is 10.1. The van der Waals surface area contributed by atoms with Gasteiger partial charge in [0.2, 0.25) is 0 Å². The van der Waals surface area contributed by atoms with Gasteiger partial charge < -0.3 is 5.32 Å². The van der Waals surface area contributed by atoms with Gasteiger partial charge in [-0.3, -0.25) is 4.79 Å². The van der Waals surface area contributed by atoms with Crippen molar-refractivity contribution in [3.05, 3.63) is 88.5 Å². The minimum absolute atomic E-state index is 0.0374. The van der Waals surface area contributed by atoms with Crippen molar-refractivity contribution in [1.29, 1.82) is 5.26 Å². The average molecular weight is 427 g/mol. The number of nitrogens with one attached hydrogen (secondary N) is 1. The van der Waals surface area contributed by atoms with Crippen molar-refractivity contribution in [1.82, 2.24) is 13.7 Å². The van der Waals surface area contributed by atoms with E-state index in [0.29, 0.717) is 5.69 Å². The maximum atomic E-state index is 13.3. The van der Waals surface area contributed by atoms with E-state index < -0.39 is 17.3 Å². The normalized spacial score (nSPS) is 11.3. The monoisotopic (exact) mass is 427 g/mol. The van der Waals surface area contributed by atoms with Crippen LogP contribution in [0.4, 0.5) is 23.9 Å². The lowest BCUT2D eigenvalue weighted by molar-refractivity contribution is -0.136. The molecule has 6 nitrogen and oxygen atoms in total. The average Bonchev–Trinajstić information content (AvgIpc) is 3.36. The minimum atomic E-state index is -4.58. The van der Waals surface area contributed by atoms with Crippen LogP contribution < -0.4 is 10.9 Å². The summed E-state index contributed by atoms with van der Waals surface area (Å²) in [6, 6.07) is 15.3. The third-order valence-corrected chi connectivity index (χ3v) is 5.30. The Morgan fingerprint density at radius 1 is 1.03 bits per heavy atom. The standard InChI is InChI=1S/C20H12F3N5OS/c21-20(22,23)16-4-1-2-5-17(16)26-18-15(12-24)19(29)28(30-18)14-8-6-13(7-9-14)27-11-3-10-25-27/h1-11,26H. The molecule has 0 saturated carbocycles. The number of benzene rings is 2. The second kappa shape index (κ2) is 7.53. The minimum Gasteiger partial charge on any atom is -0.344 e. The zero-order chi connectivity index (χ0) is 21.3. The van der Waals surface area contributed by atoms with E-state index in [4.69, 9.17) is 0 Å². The molecule has 10 heteroatoms. The van der Waals surface area contributed by atoms with Crippen molar-refractivity contribution in [3.8, 4) is 17.4 Å². The van der Waals surface area contributed by atoms with Gasteiger partial charge in [-0.25, -0.2) is 8.64 Å². The zero-order valence-electron chi connectivity index (χ0n) is 15.1. The van der Waals surface area contributed by atoms with Crippen LogP contribution in [0, 0.1) is 11.3 Å². The zero-order valence-corrected chi connectivity index (χ0v) is 15.9. The number of para-hydroxylation sites is 1. The quantitative estimate of drug-likeness (QED) is 0.511. The second-order valence-corrected chi connectivity index (χ2v) is 7.10. The van der Waals surface area contributed by atoms with Crippen LogP contribution in [-0.2, 0) is 6.18 Å². The van der Waals surface area contributed by atoms with Gasteiger partial charge in [0.1, 0.15) is 11.1 Å². The molecule has 2 aromatic heterocycles. The first-order valence-corrected chi connectivity index (χ1v) is 9.36. The number of hydrogen-bond donors (Lipinski definition) is 1. The molecule has 0 aliphatic carbocycles. The molecule has 0 fully saturated rings. The van der Waals surface area contributed by atoms with Gasteiger partial charge in [0.05, 0.1) is 22.6 Å². The van der Waals surface area contributed by atoms with Gasteiger partial charge in [0.25, 0.3) is 5.56 Å². The number of nitrogens with zero attached hydrogens (tertiary/aromatic N) is 4. The molecule has 0 aliphatic rings. The first-order chi connectivity index (χ1) is 14.4. The van der Waals surface area contributed by atoms with Crippen molar-refractivity contribution in [2.45, 2.75) is 6.18 Å². The number of alkyl halides is 3. The highest BCUT2D eigenvalue weighted by Crippen LogP contribution is 2.37. The lowest BCUT2D eigenvalue weighted by Gasteiger charge is -2.13. The summed E-state index contributed by atoms with van der Waals surface area (Å²) < 4.78 is 42.7. The largest absolute Gasteiger partial charge is 0.418 e. The van der Waals surface area contributed by atoms with Crippen LogP contribution in [0.25, 0.3) is 11.4 Å². The van der Waals surface area contributed by atoms with Gasteiger partial charge >= 0.3 is 6.18 Å². The summed E-state index contributed by atoms with van der Waals surface area (Å²) >= 11 is 0.862. The summed E-state index contributed by atoms with van der Waals surface area (Å²) in [4.78, 5) is 12.7. The fourth-order valence-electron chi connectivity index (χ4n) is 2.85. The molecule has 0 bridgehead atoms. The summed E-state index contributed by atoms with van der Waals surface area (Å²) in [7, 11) is 0. The molecule has 0 saturated heterocycles. The van der Waals surface area contributed by atoms with Gasteiger partial charge in [-0.05, 0) is 54.0 Å². The van der Waals surface area contributed by atoms with E-state index in [1.165, 1.54) is 22.2 Å². The number of aromatic nitrogens is 3. The van der Waals surface area contributed by atoms with Crippen molar-refractivity contribution in [2.24, 2.45) is 0 Å². The molecule has 0 spiro atoms. The van der Waals surface area contributed by atoms with E-state index in [2.05, 4.69) is 10.4 Å². The maximum Gasteiger partial charge on any atom is 0.418 e. The Morgan fingerprint density at radius 2 is 1.73 bits per heavy atom. The fraction of sp³-hybridized carbons (Fsp3) is 0.0500. The SMILES string of the molecule is N#Cc1c(Nc2ccccc2C(F)(F)F)sn(-c2ccc(-n3cccn3)cc2)c1=O. The Morgan fingerprint density at radius 3 is 2.37 bits per heavy atom. The van der Waals surface area contributed by atoms with E-state index in [1.54, 1.807) is 53.5 Å². The van der Waals surface area contributed by atoms with Gasteiger partial charge in [-0.15, -0.1) is 0 Å². The molecular formula is C20H12F3N5OS. The molecule has 150 valence electrons. The van der Waals surface area contributed by atoms with Gasteiger partial charge in [-0.2, -0.15) is 23.5 Å². The lowest BCUT2D eigenvalue weighted by Crippen LogP contribution is -2.13. The highest BCUT2D eigenvalue weighted by atomic mass is 32.1. The number of halogens is 3.